The lowest BCUT2D eigenvalue weighted by molar-refractivity contribution is -0.125. The van der Waals surface area contributed by atoms with E-state index < -0.39 is 17.0 Å². The molecule has 1 rings (SSSR count). The quantitative estimate of drug-likeness (QED) is 0.776. The Balaban J connectivity index is 2.91. The fraction of sp³-hybridized carbons (Fsp3) is 0.588. The molecule has 1 N–H and O–H groups in total. The van der Waals surface area contributed by atoms with Crippen molar-refractivity contribution in [2.75, 3.05) is 18.1 Å². The van der Waals surface area contributed by atoms with Crippen LogP contribution >= 0.6 is 0 Å². The highest BCUT2D eigenvalue weighted by atomic mass is 19.1. The van der Waals surface area contributed by atoms with Gasteiger partial charge in [-0.25, -0.2) is 8.78 Å². The van der Waals surface area contributed by atoms with Crippen LogP contribution in [-0.2, 0) is 4.79 Å². The second kappa shape index (κ2) is 8.22. The third-order valence-corrected chi connectivity index (χ3v) is 3.38. The van der Waals surface area contributed by atoms with Crippen molar-refractivity contribution in [3.05, 3.63) is 29.8 Å². The highest BCUT2D eigenvalue weighted by Crippen LogP contribution is 2.27. The van der Waals surface area contributed by atoms with Crippen LogP contribution in [0.1, 0.15) is 46.5 Å². The van der Waals surface area contributed by atoms with E-state index in [0.717, 1.165) is 31.0 Å². The molecule has 1 aromatic carbocycles. The number of nitrogens with zero attached hydrogens (tertiary/aromatic N) is 1. The van der Waals surface area contributed by atoms with Gasteiger partial charge in [0.05, 0.1) is 5.69 Å². The molecule has 0 aliphatic carbocycles. The van der Waals surface area contributed by atoms with Crippen LogP contribution in [0.5, 0.6) is 0 Å². The van der Waals surface area contributed by atoms with Gasteiger partial charge in [-0.2, -0.15) is 0 Å². The maximum atomic E-state index is 14.0. The molecule has 0 radical (unpaired) electrons. The normalized spacial score (nSPS) is 11.5. The number of halogens is 2. The highest BCUT2D eigenvalue weighted by Gasteiger charge is 2.29. The number of aliphatic hydroxyl groups excluding tert-OH is 1. The predicted molar refractivity (Wildman–Crippen MR) is 83.7 cm³/mol. The summed E-state index contributed by atoms with van der Waals surface area (Å²) < 4.78 is 27.4. The maximum Gasteiger partial charge on any atom is 0.232 e. The van der Waals surface area contributed by atoms with Gasteiger partial charge < -0.3 is 10.0 Å². The van der Waals surface area contributed by atoms with Crippen molar-refractivity contribution in [2.24, 2.45) is 5.41 Å². The number of benzene rings is 1. The average molecular weight is 313 g/mol. The van der Waals surface area contributed by atoms with E-state index in [-0.39, 0.29) is 18.2 Å². The summed E-state index contributed by atoms with van der Waals surface area (Å²) in [7, 11) is 0. The van der Waals surface area contributed by atoms with Crippen LogP contribution in [0, 0.1) is 17.0 Å². The molecule has 3 nitrogen and oxygen atoms in total. The molecule has 0 aliphatic rings. The number of carbonyl (C=O) groups is 1. The molecule has 0 unspecified atom stereocenters. The highest BCUT2D eigenvalue weighted by molar-refractivity contribution is 5.97. The second-order valence-electron chi connectivity index (χ2n) is 6.44. The Kier molecular flexibility index (Phi) is 6.94. The third-order valence-electron chi connectivity index (χ3n) is 3.38. The Morgan fingerprint density at radius 1 is 1.14 bits per heavy atom. The first kappa shape index (κ1) is 18.6. The Morgan fingerprint density at radius 2 is 1.77 bits per heavy atom. The molecule has 0 atom stereocenters. The van der Waals surface area contributed by atoms with Crippen LogP contribution in [0.4, 0.5) is 14.5 Å². The van der Waals surface area contributed by atoms with Crippen LogP contribution in [0.2, 0.25) is 0 Å². The lowest BCUT2D eigenvalue weighted by Gasteiger charge is -2.30. The molecule has 1 amide bonds. The number of hydrogen-bond donors (Lipinski definition) is 1. The first-order chi connectivity index (χ1) is 10.3. The van der Waals surface area contributed by atoms with Crippen molar-refractivity contribution in [1.82, 2.24) is 0 Å². The van der Waals surface area contributed by atoms with Gasteiger partial charge in [0.25, 0.3) is 0 Å². The molecule has 0 bridgehead atoms. The number of aliphatic hydroxyl groups is 1. The zero-order valence-corrected chi connectivity index (χ0v) is 13.5. The number of unbranched alkanes of at least 4 members (excludes halogenated alkanes) is 3. The van der Waals surface area contributed by atoms with E-state index in [1.165, 1.54) is 4.90 Å². The van der Waals surface area contributed by atoms with Crippen LogP contribution in [0.3, 0.4) is 0 Å². The molecule has 22 heavy (non-hydrogen) atoms. The van der Waals surface area contributed by atoms with Gasteiger partial charge in [-0.1, -0.05) is 33.6 Å². The monoisotopic (exact) mass is 313 g/mol. The molecule has 0 fully saturated rings. The summed E-state index contributed by atoms with van der Waals surface area (Å²) >= 11 is 0. The molecule has 0 saturated heterocycles. The lowest BCUT2D eigenvalue weighted by Crippen LogP contribution is -2.40. The minimum atomic E-state index is -0.677. The Labute approximate surface area is 130 Å². The van der Waals surface area contributed by atoms with Crippen molar-refractivity contribution in [1.29, 1.82) is 0 Å². The topological polar surface area (TPSA) is 40.5 Å². The van der Waals surface area contributed by atoms with Gasteiger partial charge in [0.2, 0.25) is 5.91 Å². The molecule has 0 aromatic heterocycles. The molecule has 0 heterocycles. The first-order valence-corrected chi connectivity index (χ1v) is 7.65. The van der Waals surface area contributed by atoms with Crippen molar-refractivity contribution >= 4 is 11.6 Å². The summed E-state index contributed by atoms with van der Waals surface area (Å²) in [6.45, 7) is 5.74. The SMILES string of the molecule is CC(C)(C)C(=O)N(CCCCCCO)c1cc(F)ccc1F. The third kappa shape index (κ3) is 5.37. The number of amides is 1. The lowest BCUT2D eigenvalue weighted by atomic mass is 9.94. The molecule has 124 valence electrons. The summed E-state index contributed by atoms with van der Waals surface area (Å²) in [4.78, 5) is 13.9. The summed E-state index contributed by atoms with van der Waals surface area (Å²) in [5, 5.41) is 8.76. The summed E-state index contributed by atoms with van der Waals surface area (Å²) in [5.74, 6) is -1.41. The largest absolute Gasteiger partial charge is 0.396 e. The van der Waals surface area contributed by atoms with Gasteiger partial charge in [0.15, 0.2) is 0 Å². The van der Waals surface area contributed by atoms with E-state index in [4.69, 9.17) is 5.11 Å². The summed E-state index contributed by atoms with van der Waals surface area (Å²) in [5.41, 5.74) is -0.689. The van der Waals surface area contributed by atoms with Crippen molar-refractivity contribution in [3.63, 3.8) is 0 Å². The van der Waals surface area contributed by atoms with Gasteiger partial charge in [-0.15, -0.1) is 0 Å². The van der Waals surface area contributed by atoms with E-state index in [1.54, 1.807) is 20.8 Å². The first-order valence-electron chi connectivity index (χ1n) is 7.65. The standard InChI is InChI=1S/C17H25F2NO2/c1-17(2,3)16(22)20(10-6-4-5-7-11-21)15-12-13(18)8-9-14(15)19/h8-9,12,21H,4-7,10-11H2,1-3H3. The molecule has 0 saturated carbocycles. The van der Waals surface area contributed by atoms with Crippen molar-refractivity contribution in [2.45, 2.75) is 46.5 Å². The smallest absolute Gasteiger partial charge is 0.232 e. The Hall–Kier alpha value is -1.49. The number of carbonyl (C=O) groups excluding carboxylic acids is 1. The van der Waals surface area contributed by atoms with Gasteiger partial charge in [-0.3, -0.25) is 4.79 Å². The Bertz CT molecular complexity index is 498. The number of anilines is 1. The fourth-order valence-corrected chi connectivity index (χ4v) is 2.16. The van der Waals surface area contributed by atoms with Crippen LogP contribution in [-0.4, -0.2) is 24.2 Å². The summed E-state index contributed by atoms with van der Waals surface area (Å²) in [6, 6.07) is 3.14. The maximum absolute atomic E-state index is 14.0. The minimum Gasteiger partial charge on any atom is -0.396 e. The zero-order valence-electron chi connectivity index (χ0n) is 13.5. The Morgan fingerprint density at radius 3 is 2.36 bits per heavy atom. The molecular weight excluding hydrogens is 288 g/mol. The molecule has 0 spiro atoms. The van der Waals surface area contributed by atoms with Crippen LogP contribution in [0.15, 0.2) is 18.2 Å². The van der Waals surface area contributed by atoms with Gasteiger partial charge in [0, 0.05) is 24.6 Å². The van der Waals surface area contributed by atoms with Crippen molar-refractivity contribution in [3.8, 4) is 0 Å². The van der Waals surface area contributed by atoms with E-state index in [2.05, 4.69) is 0 Å². The fourth-order valence-electron chi connectivity index (χ4n) is 2.16. The van der Waals surface area contributed by atoms with E-state index in [0.29, 0.717) is 19.4 Å². The van der Waals surface area contributed by atoms with Gasteiger partial charge in [0.1, 0.15) is 11.6 Å². The second-order valence-corrected chi connectivity index (χ2v) is 6.44. The zero-order chi connectivity index (χ0) is 16.8. The van der Waals surface area contributed by atoms with Gasteiger partial charge >= 0.3 is 0 Å². The van der Waals surface area contributed by atoms with E-state index in [9.17, 15) is 13.6 Å². The average Bonchev–Trinajstić information content (AvgIpc) is 2.44. The molecule has 5 heteroatoms. The molecule has 0 aliphatic heterocycles. The van der Waals surface area contributed by atoms with Gasteiger partial charge in [-0.05, 0) is 25.0 Å². The minimum absolute atomic E-state index is 0.0120. The van der Waals surface area contributed by atoms with Crippen LogP contribution in [0.25, 0.3) is 0 Å². The number of rotatable bonds is 7. The molecular formula is C17H25F2NO2. The van der Waals surface area contributed by atoms with E-state index in [1.807, 2.05) is 0 Å². The van der Waals surface area contributed by atoms with E-state index >= 15 is 0 Å². The molecule has 1 aromatic rings. The van der Waals surface area contributed by atoms with Crippen LogP contribution < -0.4 is 4.90 Å². The predicted octanol–water partition coefficient (Wildman–Crippen LogP) is 3.90. The summed E-state index contributed by atoms with van der Waals surface area (Å²) in [6.07, 6.45) is 3.06. The van der Waals surface area contributed by atoms with Crippen molar-refractivity contribution < 1.29 is 18.7 Å². The number of hydrogen-bond acceptors (Lipinski definition) is 2.